The molecular weight excluding hydrogens is 274 g/mol. The molecule has 2 aliphatic rings. The van der Waals surface area contributed by atoms with E-state index in [-0.39, 0.29) is 23.3 Å². The third-order valence-electron chi connectivity index (χ3n) is 4.00. The highest BCUT2D eigenvalue weighted by Gasteiger charge is 2.43. The average Bonchev–Trinajstić information content (AvgIpc) is 2.78. The second-order valence-electron chi connectivity index (χ2n) is 5.39. The summed E-state index contributed by atoms with van der Waals surface area (Å²) in [5, 5.41) is 0. The van der Waals surface area contributed by atoms with Crippen LogP contribution in [0.3, 0.4) is 0 Å². The Bertz CT molecular complexity index is 674. The van der Waals surface area contributed by atoms with E-state index in [0.717, 1.165) is 24.8 Å². The number of carbonyl (C=O) groups is 1. The van der Waals surface area contributed by atoms with Crippen molar-refractivity contribution in [1.29, 1.82) is 0 Å². The molecule has 5 heteroatoms. The lowest BCUT2D eigenvalue weighted by Crippen LogP contribution is -2.36. The van der Waals surface area contributed by atoms with Gasteiger partial charge in [-0.1, -0.05) is 23.8 Å². The summed E-state index contributed by atoms with van der Waals surface area (Å²) in [5.41, 5.74) is 1.70. The van der Waals surface area contributed by atoms with Gasteiger partial charge in [-0.15, -0.1) is 0 Å². The van der Waals surface area contributed by atoms with E-state index >= 15 is 0 Å². The molecule has 0 aromatic heterocycles. The molecule has 1 fully saturated rings. The number of ketones is 1. The molecule has 0 amide bonds. The van der Waals surface area contributed by atoms with Crippen LogP contribution in [0, 0.1) is 6.92 Å². The Morgan fingerprint density at radius 2 is 1.90 bits per heavy atom. The third kappa shape index (κ3) is 2.11. The lowest BCUT2D eigenvalue weighted by molar-refractivity contribution is -0.114. The number of hydrogen-bond donors (Lipinski definition) is 0. The smallest absolute Gasteiger partial charge is 0.244 e. The van der Waals surface area contributed by atoms with E-state index in [1.807, 2.05) is 13.0 Å². The maximum atomic E-state index is 12.7. The van der Waals surface area contributed by atoms with E-state index in [1.54, 1.807) is 24.3 Å². The van der Waals surface area contributed by atoms with Gasteiger partial charge in [-0.25, -0.2) is 8.42 Å². The van der Waals surface area contributed by atoms with Crippen LogP contribution in [0.2, 0.25) is 0 Å². The Morgan fingerprint density at radius 3 is 2.60 bits per heavy atom. The van der Waals surface area contributed by atoms with Gasteiger partial charge in [0, 0.05) is 5.57 Å². The summed E-state index contributed by atoms with van der Waals surface area (Å²) in [6.45, 7) is 1.89. The summed E-state index contributed by atoms with van der Waals surface area (Å²) in [7, 11) is -3.59. The highest BCUT2D eigenvalue weighted by atomic mass is 32.2. The Morgan fingerprint density at radius 1 is 1.20 bits per heavy atom. The van der Waals surface area contributed by atoms with Crippen LogP contribution in [-0.4, -0.2) is 31.1 Å². The number of fused-ring (bicyclic) bond motifs is 1. The van der Waals surface area contributed by atoms with E-state index in [2.05, 4.69) is 0 Å². The molecule has 0 saturated carbocycles. The van der Waals surface area contributed by atoms with Crippen molar-refractivity contribution >= 4 is 15.8 Å². The molecule has 0 bridgehead atoms. The summed E-state index contributed by atoms with van der Waals surface area (Å²) in [5.74, 6) is -0.0506. The third-order valence-corrected chi connectivity index (χ3v) is 5.87. The fourth-order valence-corrected chi connectivity index (χ4v) is 4.49. The molecule has 1 aromatic rings. The molecule has 4 nitrogen and oxygen atoms in total. The Labute approximate surface area is 119 Å². The molecule has 1 saturated heterocycles. The minimum absolute atomic E-state index is 0.0211. The zero-order valence-corrected chi connectivity index (χ0v) is 12.2. The summed E-state index contributed by atoms with van der Waals surface area (Å²) >= 11 is 0. The normalized spacial score (nSPS) is 23.6. The van der Waals surface area contributed by atoms with E-state index in [4.69, 9.17) is 0 Å². The number of sulfonamides is 1. The first-order valence-corrected chi connectivity index (χ1v) is 8.26. The number of nitrogens with zero attached hydrogens (tertiary/aromatic N) is 1. The SMILES string of the molecule is Cc1ccc(S(=O)(=O)N2CC(=O)C3=CCCC[C@H]32)cc1. The van der Waals surface area contributed by atoms with E-state index in [1.165, 1.54) is 4.31 Å². The largest absolute Gasteiger partial charge is 0.293 e. The van der Waals surface area contributed by atoms with E-state index in [0.29, 0.717) is 5.57 Å². The van der Waals surface area contributed by atoms with Crippen LogP contribution in [0.4, 0.5) is 0 Å². The van der Waals surface area contributed by atoms with Gasteiger partial charge in [-0.3, -0.25) is 4.79 Å². The zero-order valence-electron chi connectivity index (χ0n) is 11.4. The molecule has 0 radical (unpaired) electrons. The predicted octanol–water partition coefficient (Wildman–Crippen LogP) is 2.05. The first kappa shape index (κ1) is 13.5. The first-order chi connectivity index (χ1) is 9.50. The fraction of sp³-hybridized carbons (Fsp3) is 0.400. The predicted molar refractivity (Wildman–Crippen MR) is 75.8 cm³/mol. The number of benzene rings is 1. The van der Waals surface area contributed by atoms with E-state index in [9.17, 15) is 13.2 Å². The molecule has 1 heterocycles. The number of Topliss-reactive ketones (excluding diaryl/α,β-unsaturated/α-hetero) is 1. The molecular formula is C15H17NO3S. The molecule has 0 unspecified atom stereocenters. The van der Waals surface area contributed by atoms with Gasteiger partial charge in [-0.2, -0.15) is 4.31 Å². The second-order valence-corrected chi connectivity index (χ2v) is 7.28. The minimum Gasteiger partial charge on any atom is -0.293 e. The van der Waals surface area contributed by atoms with Gasteiger partial charge in [0.15, 0.2) is 5.78 Å². The average molecular weight is 291 g/mol. The van der Waals surface area contributed by atoms with Crippen molar-refractivity contribution in [3.05, 3.63) is 41.5 Å². The second kappa shape index (κ2) is 4.82. The standard InChI is InChI=1S/C15H17NO3S/c1-11-6-8-12(9-7-11)20(18,19)16-10-15(17)13-4-2-3-5-14(13)16/h4,6-9,14H,2-3,5,10H2,1H3/t14-/m1/s1. The number of carbonyl (C=O) groups excluding carboxylic acids is 1. The van der Waals surface area contributed by atoms with Crippen molar-refractivity contribution in [2.24, 2.45) is 0 Å². The monoisotopic (exact) mass is 291 g/mol. The molecule has 106 valence electrons. The maximum absolute atomic E-state index is 12.7. The molecule has 0 N–H and O–H groups in total. The summed E-state index contributed by atoms with van der Waals surface area (Å²) < 4.78 is 26.8. The van der Waals surface area contributed by atoms with Gasteiger partial charge in [0.2, 0.25) is 10.0 Å². The van der Waals surface area contributed by atoms with Crippen molar-refractivity contribution < 1.29 is 13.2 Å². The number of allylic oxidation sites excluding steroid dienone is 1. The number of rotatable bonds is 2. The summed E-state index contributed by atoms with van der Waals surface area (Å²) in [6.07, 6.45) is 4.45. The highest BCUT2D eigenvalue weighted by Crippen LogP contribution is 2.33. The lowest BCUT2D eigenvalue weighted by atomic mass is 9.95. The molecule has 1 aliphatic carbocycles. The van der Waals surface area contributed by atoms with Crippen molar-refractivity contribution in [2.45, 2.75) is 37.1 Å². The van der Waals surface area contributed by atoms with Crippen molar-refractivity contribution in [2.75, 3.05) is 6.54 Å². The molecule has 20 heavy (non-hydrogen) atoms. The zero-order chi connectivity index (χ0) is 14.3. The molecule has 1 aliphatic heterocycles. The van der Waals surface area contributed by atoms with Gasteiger partial charge in [0.25, 0.3) is 0 Å². The Kier molecular flexibility index (Phi) is 3.26. The van der Waals surface area contributed by atoms with Crippen LogP contribution in [0.5, 0.6) is 0 Å². The van der Waals surface area contributed by atoms with Crippen LogP contribution in [0.15, 0.2) is 40.8 Å². The van der Waals surface area contributed by atoms with Crippen molar-refractivity contribution in [3.63, 3.8) is 0 Å². The summed E-state index contributed by atoms with van der Waals surface area (Å²) in [4.78, 5) is 12.2. The van der Waals surface area contributed by atoms with Crippen LogP contribution in [-0.2, 0) is 14.8 Å². The van der Waals surface area contributed by atoms with Crippen LogP contribution in [0.1, 0.15) is 24.8 Å². The maximum Gasteiger partial charge on any atom is 0.244 e. The van der Waals surface area contributed by atoms with Gasteiger partial charge >= 0.3 is 0 Å². The van der Waals surface area contributed by atoms with Gasteiger partial charge < -0.3 is 0 Å². The van der Waals surface area contributed by atoms with E-state index < -0.39 is 10.0 Å². The van der Waals surface area contributed by atoms with Crippen LogP contribution in [0.25, 0.3) is 0 Å². The molecule has 3 rings (SSSR count). The minimum atomic E-state index is -3.59. The number of aryl methyl sites for hydroxylation is 1. The molecule has 1 aromatic carbocycles. The topological polar surface area (TPSA) is 54.5 Å². The molecule has 1 atom stereocenters. The summed E-state index contributed by atoms with van der Waals surface area (Å²) in [6, 6.07) is 6.52. The van der Waals surface area contributed by atoms with Crippen LogP contribution >= 0.6 is 0 Å². The molecule has 0 spiro atoms. The van der Waals surface area contributed by atoms with Gasteiger partial charge in [-0.05, 0) is 38.3 Å². The van der Waals surface area contributed by atoms with Crippen molar-refractivity contribution in [3.8, 4) is 0 Å². The van der Waals surface area contributed by atoms with Crippen molar-refractivity contribution in [1.82, 2.24) is 4.31 Å². The Hall–Kier alpha value is -1.46. The first-order valence-electron chi connectivity index (χ1n) is 6.82. The van der Waals surface area contributed by atoms with Gasteiger partial charge in [0.1, 0.15) is 0 Å². The Balaban J connectivity index is 2.00. The highest BCUT2D eigenvalue weighted by molar-refractivity contribution is 7.89. The lowest BCUT2D eigenvalue weighted by Gasteiger charge is -2.25. The number of hydrogen-bond acceptors (Lipinski definition) is 3. The fourth-order valence-electron chi connectivity index (χ4n) is 2.90. The van der Waals surface area contributed by atoms with Gasteiger partial charge in [0.05, 0.1) is 17.5 Å². The quantitative estimate of drug-likeness (QED) is 0.838. The van der Waals surface area contributed by atoms with Crippen LogP contribution < -0.4 is 0 Å².